The number of hydrogen-bond acceptors (Lipinski definition) is 5. The molecule has 1 N–H and O–H groups in total. The van der Waals surface area contributed by atoms with Gasteiger partial charge < -0.3 is 24.6 Å². The Hall–Kier alpha value is -4.10. The molecule has 1 aliphatic heterocycles. The van der Waals surface area contributed by atoms with Crippen molar-refractivity contribution < 1.29 is 19.1 Å². The number of ether oxygens (including phenoxy) is 2. The van der Waals surface area contributed by atoms with Crippen molar-refractivity contribution in [1.82, 2.24) is 4.90 Å². The molecule has 3 aromatic rings. The van der Waals surface area contributed by atoms with Crippen LogP contribution >= 0.6 is 0 Å². The molecule has 3 aromatic carbocycles. The predicted molar refractivity (Wildman–Crippen MR) is 142 cm³/mol. The summed E-state index contributed by atoms with van der Waals surface area (Å²) in [6.07, 6.45) is 2.68. The SMILES string of the molecule is CC1Oc2ccc(NC(=O)/C=C/c3ccc(OCc4ccccc4)cc3)cc2N(CCN(C)C)C1=O. The maximum atomic E-state index is 12.7. The lowest BCUT2D eigenvalue weighted by atomic mass is 10.1. The first-order valence-electron chi connectivity index (χ1n) is 11.9. The topological polar surface area (TPSA) is 71.1 Å². The number of nitrogens with zero attached hydrogens (tertiary/aromatic N) is 2. The van der Waals surface area contributed by atoms with Gasteiger partial charge in [-0.2, -0.15) is 0 Å². The van der Waals surface area contributed by atoms with Gasteiger partial charge in [0, 0.05) is 24.9 Å². The highest BCUT2D eigenvalue weighted by Gasteiger charge is 2.31. The number of hydrogen-bond donors (Lipinski definition) is 1. The molecule has 7 heteroatoms. The van der Waals surface area contributed by atoms with Crippen molar-refractivity contribution >= 4 is 29.3 Å². The van der Waals surface area contributed by atoms with Gasteiger partial charge >= 0.3 is 0 Å². The maximum absolute atomic E-state index is 12.7. The molecule has 4 rings (SSSR count). The van der Waals surface area contributed by atoms with Gasteiger partial charge in [0.1, 0.15) is 18.1 Å². The molecule has 0 bridgehead atoms. The normalized spacial score (nSPS) is 15.1. The second kappa shape index (κ2) is 11.6. The van der Waals surface area contributed by atoms with E-state index in [1.165, 1.54) is 6.08 Å². The number of benzene rings is 3. The average molecular weight is 486 g/mol. The quantitative estimate of drug-likeness (QED) is 0.449. The Kier molecular flexibility index (Phi) is 8.02. The van der Waals surface area contributed by atoms with Gasteiger partial charge in [-0.15, -0.1) is 0 Å². The molecule has 1 aliphatic rings. The molecule has 0 saturated heterocycles. The zero-order chi connectivity index (χ0) is 25.5. The molecule has 7 nitrogen and oxygen atoms in total. The lowest BCUT2D eigenvalue weighted by Gasteiger charge is -2.34. The number of amides is 2. The summed E-state index contributed by atoms with van der Waals surface area (Å²) in [5.41, 5.74) is 3.23. The van der Waals surface area contributed by atoms with E-state index in [0.717, 1.165) is 16.9 Å². The van der Waals surface area contributed by atoms with Gasteiger partial charge in [0.15, 0.2) is 6.10 Å². The van der Waals surface area contributed by atoms with E-state index in [9.17, 15) is 9.59 Å². The first-order chi connectivity index (χ1) is 17.4. The Balaban J connectivity index is 1.37. The number of fused-ring (bicyclic) bond motifs is 1. The van der Waals surface area contributed by atoms with Crippen molar-refractivity contribution in [2.45, 2.75) is 19.6 Å². The van der Waals surface area contributed by atoms with Crippen LogP contribution in [0.15, 0.2) is 78.9 Å². The highest BCUT2D eigenvalue weighted by atomic mass is 16.5. The van der Waals surface area contributed by atoms with Gasteiger partial charge in [-0.25, -0.2) is 0 Å². The molecule has 0 aliphatic carbocycles. The molecule has 0 spiro atoms. The Bertz CT molecular complexity index is 1220. The smallest absolute Gasteiger partial charge is 0.267 e. The summed E-state index contributed by atoms with van der Waals surface area (Å²) < 4.78 is 11.6. The Morgan fingerprint density at radius 1 is 1.08 bits per heavy atom. The minimum absolute atomic E-state index is 0.0936. The number of carbonyl (C=O) groups is 2. The monoisotopic (exact) mass is 485 g/mol. The van der Waals surface area contributed by atoms with Gasteiger partial charge in [-0.1, -0.05) is 42.5 Å². The van der Waals surface area contributed by atoms with Crippen LogP contribution in [0.4, 0.5) is 11.4 Å². The largest absolute Gasteiger partial charge is 0.489 e. The fourth-order valence-electron chi connectivity index (χ4n) is 3.79. The molecule has 1 heterocycles. The van der Waals surface area contributed by atoms with Crippen LogP contribution in [-0.2, 0) is 16.2 Å². The number of rotatable bonds is 9. The molecule has 0 saturated carbocycles. The summed E-state index contributed by atoms with van der Waals surface area (Å²) in [5, 5.41) is 2.87. The molecule has 2 amide bonds. The molecular formula is C29H31N3O4. The van der Waals surface area contributed by atoms with E-state index in [1.807, 2.05) is 73.6 Å². The van der Waals surface area contributed by atoms with E-state index in [4.69, 9.17) is 9.47 Å². The number of nitrogens with one attached hydrogen (secondary N) is 1. The fourth-order valence-corrected chi connectivity index (χ4v) is 3.79. The van der Waals surface area contributed by atoms with Crippen molar-refractivity contribution in [1.29, 1.82) is 0 Å². The second-order valence-electron chi connectivity index (χ2n) is 8.90. The van der Waals surface area contributed by atoms with E-state index in [2.05, 4.69) is 5.32 Å². The minimum atomic E-state index is -0.543. The standard InChI is InChI=1S/C29H31N3O4/c1-21-29(34)32(18-17-31(2)3)26-19-24(12-15-27(26)36-21)30-28(33)16-11-22-9-13-25(14-10-22)35-20-23-7-5-4-6-8-23/h4-16,19,21H,17-18,20H2,1-3H3,(H,30,33)/b16-11+. The molecule has 0 fully saturated rings. The van der Waals surface area contributed by atoms with Gasteiger partial charge in [0.05, 0.1) is 5.69 Å². The van der Waals surface area contributed by atoms with Crippen LogP contribution in [0.2, 0.25) is 0 Å². The van der Waals surface area contributed by atoms with E-state index in [0.29, 0.717) is 36.8 Å². The summed E-state index contributed by atoms with van der Waals surface area (Å²) in [5.74, 6) is 1.03. The van der Waals surface area contributed by atoms with Gasteiger partial charge in [-0.05, 0) is 68.6 Å². The Morgan fingerprint density at radius 2 is 1.83 bits per heavy atom. The van der Waals surface area contributed by atoms with Crippen LogP contribution in [0, 0.1) is 0 Å². The third kappa shape index (κ3) is 6.52. The predicted octanol–water partition coefficient (Wildman–Crippen LogP) is 4.59. The zero-order valence-corrected chi connectivity index (χ0v) is 20.8. The molecule has 0 aromatic heterocycles. The zero-order valence-electron chi connectivity index (χ0n) is 20.8. The lowest BCUT2D eigenvalue weighted by molar-refractivity contribution is -0.125. The summed E-state index contributed by atoms with van der Waals surface area (Å²) in [4.78, 5) is 29.0. The van der Waals surface area contributed by atoms with E-state index >= 15 is 0 Å². The van der Waals surface area contributed by atoms with E-state index in [1.54, 1.807) is 36.1 Å². The van der Waals surface area contributed by atoms with Crippen LogP contribution in [0.3, 0.4) is 0 Å². The van der Waals surface area contributed by atoms with Crippen LogP contribution in [0.5, 0.6) is 11.5 Å². The summed E-state index contributed by atoms with van der Waals surface area (Å²) in [6, 6.07) is 22.9. The Labute approximate surface area is 211 Å². The average Bonchev–Trinajstić information content (AvgIpc) is 2.88. The third-order valence-corrected chi connectivity index (χ3v) is 5.76. The highest BCUT2D eigenvalue weighted by molar-refractivity contribution is 6.04. The van der Waals surface area contributed by atoms with Crippen LogP contribution < -0.4 is 19.7 Å². The maximum Gasteiger partial charge on any atom is 0.267 e. The fraction of sp³-hybridized carbons (Fsp3) is 0.241. The first-order valence-corrected chi connectivity index (χ1v) is 11.9. The number of carbonyl (C=O) groups excluding carboxylic acids is 2. The van der Waals surface area contributed by atoms with Gasteiger partial charge in [-0.3, -0.25) is 9.59 Å². The van der Waals surface area contributed by atoms with E-state index in [-0.39, 0.29) is 11.8 Å². The van der Waals surface area contributed by atoms with Crippen LogP contribution in [-0.4, -0.2) is 50.0 Å². The molecular weight excluding hydrogens is 454 g/mol. The third-order valence-electron chi connectivity index (χ3n) is 5.76. The summed E-state index contributed by atoms with van der Waals surface area (Å²) >= 11 is 0. The van der Waals surface area contributed by atoms with Gasteiger partial charge in [0.25, 0.3) is 5.91 Å². The van der Waals surface area contributed by atoms with Crippen molar-refractivity contribution in [3.05, 3.63) is 90.0 Å². The van der Waals surface area contributed by atoms with Crippen molar-refractivity contribution in [3.63, 3.8) is 0 Å². The highest BCUT2D eigenvalue weighted by Crippen LogP contribution is 2.36. The molecule has 1 unspecified atom stereocenters. The molecule has 186 valence electrons. The van der Waals surface area contributed by atoms with Crippen molar-refractivity contribution in [2.24, 2.45) is 0 Å². The van der Waals surface area contributed by atoms with E-state index < -0.39 is 6.10 Å². The van der Waals surface area contributed by atoms with Crippen molar-refractivity contribution in [3.8, 4) is 11.5 Å². The minimum Gasteiger partial charge on any atom is -0.489 e. The first kappa shape index (κ1) is 25.0. The van der Waals surface area contributed by atoms with Crippen LogP contribution in [0.25, 0.3) is 6.08 Å². The second-order valence-corrected chi connectivity index (χ2v) is 8.90. The molecule has 0 radical (unpaired) electrons. The summed E-state index contributed by atoms with van der Waals surface area (Å²) in [7, 11) is 3.92. The lowest BCUT2D eigenvalue weighted by Crippen LogP contribution is -2.46. The van der Waals surface area contributed by atoms with Crippen molar-refractivity contribution in [2.75, 3.05) is 37.4 Å². The number of anilines is 2. The molecule has 36 heavy (non-hydrogen) atoms. The van der Waals surface area contributed by atoms with Crippen LogP contribution in [0.1, 0.15) is 18.1 Å². The molecule has 1 atom stereocenters. The summed E-state index contributed by atoms with van der Waals surface area (Å²) in [6.45, 7) is 3.50. The number of likely N-dealkylation sites (N-methyl/N-ethyl adjacent to an activating group) is 1. The Morgan fingerprint density at radius 3 is 2.56 bits per heavy atom. The van der Waals surface area contributed by atoms with Gasteiger partial charge in [0.2, 0.25) is 5.91 Å².